The monoisotopic (exact) mass is 256 g/mol. The maximum absolute atomic E-state index is 11.0. The second kappa shape index (κ2) is 6.90. The van der Waals surface area contributed by atoms with Crippen molar-refractivity contribution in [2.45, 2.75) is 37.6 Å². The van der Waals surface area contributed by atoms with Crippen molar-refractivity contribution < 1.29 is 19.1 Å². The van der Waals surface area contributed by atoms with Gasteiger partial charge < -0.3 is 9.47 Å². The van der Waals surface area contributed by atoms with Gasteiger partial charge in [-0.15, -0.1) is 23.2 Å². The number of hydrogen-bond acceptors (Lipinski definition) is 4. The summed E-state index contributed by atoms with van der Waals surface area (Å²) < 4.78 is 9.61. The Morgan fingerprint density at radius 3 is 1.93 bits per heavy atom. The van der Waals surface area contributed by atoms with Gasteiger partial charge in [-0.05, 0) is 20.8 Å². The Hall–Kier alpha value is -0.480. The lowest BCUT2D eigenvalue weighted by molar-refractivity contribution is -0.157. The number of halogens is 2. The fourth-order valence-electron chi connectivity index (χ4n) is 0.640. The van der Waals surface area contributed by atoms with Crippen LogP contribution in [-0.4, -0.2) is 35.4 Å². The van der Waals surface area contributed by atoms with E-state index in [1.54, 1.807) is 6.92 Å². The maximum atomic E-state index is 11.0. The molecule has 0 aromatic heterocycles. The van der Waals surface area contributed by atoms with Gasteiger partial charge in [-0.2, -0.15) is 0 Å². The van der Waals surface area contributed by atoms with Crippen LogP contribution >= 0.6 is 23.2 Å². The number of esters is 2. The first-order valence-electron chi connectivity index (χ1n) is 4.49. The number of alkyl halides is 2. The molecule has 0 rings (SSSR count). The summed E-state index contributed by atoms with van der Waals surface area (Å²) >= 11 is 10.9. The molecule has 0 aromatic rings. The van der Waals surface area contributed by atoms with E-state index < -0.39 is 28.8 Å². The molecule has 0 aliphatic carbocycles. The van der Waals surface area contributed by atoms with E-state index in [1.807, 2.05) is 0 Å². The highest BCUT2D eigenvalue weighted by Gasteiger charge is 2.17. The van der Waals surface area contributed by atoms with E-state index in [-0.39, 0.29) is 6.61 Å². The minimum atomic E-state index is -0.713. The van der Waals surface area contributed by atoms with Gasteiger partial charge in [0, 0.05) is 0 Å². The summed E-state index contributed by atoms with van der Waals surface area (Å²) in [6.07, 6.45) is -0.530. The normalized spacial score (nSPS) is 16.3. The predicted molar refractivity (Wildman–Crippen MR) is 57.1 cm³/mol. The SMILES string of the molecule is CC(COC(=O)C(C)Cl)OC(=O)C(C)Cl. The third-order valence-electron chi connectivity index (χ3n) is 1.43. The van der Waals surface area contributed by atoms with Crippen molar-refractivity contribution in [3.8, 4) is 0 Å². The Labute approximate surface area is 98.8 Å². The zero-order chi connectivity index (χ0) is 12.0. The molecule has 0 radical (unpaired) electrons. The number of ether oxygens (including phenoxy) is 2. The summed E-state index contributed by atoms with van der Waals surface area (Å²) in [7, 11) is 0. The molecule has 0 spiro atoms. The summed E-state index contributed by atoms with van der Waals surface area (Å²) in [6.45, 7) is 4.58. The van der Waals surface area contributed by atoms with E-state index in [1.165, 1.54) is 13.8 Å². The first-order chi connectivity index (χ1) is 6.84. The third-order valence-corrected chi connectivity index (χ3v) is 1.78. The minimum Gasteiger partial charge on any atom is -0.461 e. The second-order valence-corrected chi connectivity index (χ2v) is 4.42. The van der Waals surface area contributed by atoms with Crippen molar-refractivity contribution in [2.75, 3.05) is 6.61 Å². The summed E-state index contributed by atoms with van der Waals surface area (Å²) in [5.74, 6) is -1.09. The van der Waals surface area contributed by atoms with Crippen molar-refractivity contribution in [3.05, 3.63) is 0 Å². The average Bonchev–Trinajstić information content (AvgIpc) is 2.13. The lowest BCUT2D eigenvalue weighted by Crippen LogP contribution is -2.27. The van der Waals surface area contributed by atoms with E-state index in [4.69, 9.17) is 32.7 Å². The van der Waals surface area contributed by atoms with E-state index in [0.717, 1.165) is 0 Å². The number of hydrogen-bond donors (Lipinski definition) is 0. The summed E-state index contributed by atoms with van der Waals surface area (Å²) in [5, 5.41) is -1.42. The standard InChI is InChI=1S/C9H14Cl2O4/c1-5(15-9(13)7(3)11)4-14-8(12)6(2)10/h5-7H,4H2,1-3H3. The quantitative estimate of drug-likeness (QED) is 0.555. The van der Waals surface area contributed by atoms with Gasteiger partial charge in [-0.25, -0.2) is 0 Å². The van der Waals surface area contributed by atoms with Crippen molar-refractivity contribution in [1.29, 1.82) is 0 Å². The van der Waals surface area contributed by atoms with Gasteiger partial charge in [-0.1, -0.05) is 0 Å². The molecule has 0 aromatic carbocycles. The van der Waals surface area contributed by atoms with E-state index in [9.17, 15) is 9.59 Å². The van der Waals surface area contributed by atoms with Gasteiger partial charge in [-0.3, -0.25) is 9.59 Å². The number of carbonyl (C=O) groups excluding carboxylic acids is 2. The lowest BCUT2D eigenvalue weighted by atomic mass is 10.4. The van der Waals surface area contributed by atoms with Crippen molar-refractivity contribution in [3.63, 3.8) is 0 Å². The highest BCUT2D eigenvalue weighted by atomic mass is 35.5. The Morgan fingerprint density at radius 1 is 1.07 bits per heavy atom. The summed E-state index contributed by atoms with van der Waals surface area (Å²) in [5.41, 5.74) is 0. The van der Waals surface area contributed by atoms with Gasteiger partial charge in [0.1, 0.15) is 23.5 Å². The van der Waals surface area contributed by atoms with Crippen LogP contribution in [0.2, 0.25) is 0 Å². The predicted octanol–water partition coefficient (Wildman–Crippen LogP) is 1.72. The average molecular weight is 257 g/mol. The number of carbonyl (C=O) groups is 2. The Balaban J connectivity index is 3.80. The smallest absolute Gasteiger partial charge is 0.324 e. The molecule has 0 saturated carbocycles. The van der Waals surface area contributed by atoms with Crippen LogP contribution in [0.5, 0.6) is 0 Å². The van der Waals surface area contributed by atoms with Gasteiger partial charge >= 0.3 is 11.9 Å². The van der Waals surface area contributed by atoms with Crippen LogP contribution in [0, 0.1) is 0 Å². The van der Waals surface area contributed by atoms with Crippen molar-refractivity contribution in [1.82, 2.24) is 0 Å². The maximum Gasteiger partial charge on any atom is 0.324 e. The lowest BCUT2D eigenvalue weighted by Gasteiger charge is -2.14. The second-order valence-electron chi connectivity index (χ2n) is 3.11. The molecule has 88 valence electrons. The van der Waals surface area contributed by atoms with E-state index >= 15 is 0 Å². The minimum absolute atomic E-state index is 0.0226. The molecule has 3 atom stereocenters. The molecular weight excluding hydrogens is 243 g/mol. The molecule has 4 nitrogen and oxygen atoms in total. The third kappa shape index (κ3) is 6.57. The first-order valence-corrected chi connectivity index (χ1v) is 5.37. The Kier molecular flexibility index (Phi) is 6.68. The van der Waals surface area contributed by atoms with Crippen LogP contribution in [0.1, 0.15) is 20.8 Å². The molecular formula is C9H14Cl2O4. The van der Waals surface area contributed by atoms with Gasteiger partial charge in [0.05, 0.1) is 0 Å². The van der Waals surface area contributed by atoms with Gasteiger partial charge in [0.2, 0.25) is 0 Å². The topological polar surface area (TPSA) is 52.6 Å². The molecule has 0 bridgehead atoms. The van der Waals surface area contributed by atoms with E-state index in [2.05, 4.69) is 0 Å². The highest BCUT2D eigenvalue weighted by Crippen LogP contribution is 2.03. The fraction of sp³-hybridized carbons (Fsp3) is 0.778. The van der Waals surface area contributed by atoms with Crippen molar-refractivity contribution >= 4 is 35.1 Å². The molecule has 15 heavy (non-hydrogen) atoms. The molecule has 0 amide bonds. The van der Waals surface area contributed by atoms with Gasteiger partial charge in [0.15, 0.2) is 0 Å². The Bertz CT molecular complexity index is 228. The van der Waals surface area contributed by atoms with Crippen molar-refractivity contribution in [2.24, 2.45) is 0 Å². The molecule has 6 heteroatoms. The molecule has 0 N–H and O–H groups in total. The summed E-state index contributed by atoms with van der Waals surface area (Å²) in [4.78, 5) is 22.0. The number of rotatable bonds is 5. The van der Waals surface area contributed by atoms with Crippen LogP contribution < -0.4 is 0 Å². The molecule has 0 saturated heterocycles. The van der Waals surface area contributed by atoms with Crippen LogP contribution in [0.4, 0.5) is 0 Å². The zero-order valence-corrected chi connectivity index (χ0v) is 10.3. The zero-order valence-electron chi connectivity index (χ0n) is 8.83. The highest BCUT2D eigenvalue weighted by molar-refractivity contribution is 6.29. The Morgan fingerprint density at radius 2 is 1.53 bits per heavy atom. The molecule has 0 aliphatic heterocycles. The van der Waals surface area contributed by atoms with Crippen LogP contribution in [0.3, 0.4) is 0 Å². The van der Waals surface area contributed by atoms with Gasteiger partial charge in [0.25, 0.3) is 0 Å². The fourth-order valence-corrected chi connectivity index (χ4v) is 0.755. The molecule has 0 fully saturated rings. The molecule has 0 heterocycles. The van der Waals surface area contributed by atoms with Crippen LogP contribution in [-0.2, 0) is 19.1 Å². The van der Waals surface area contributed by atoms with Crippen LogP contribution in [0.25, 0.3) is 0 Å². The molecule has 3 unspecified atom stereocenters. The summed E-state index contributed by atoms with van der Waals surface area (Å²) in [6, 6.07) is 0. The first kappa shape index (κ1) is 14.5. The van der Waals surface area contributed by atoms with E-state index in [0.29, 0.717) is 0 Å². The largest absolute Gasteiger partial charge is 0.461 e. The van der Waals surface area contributed by atoms with Crippen LogP contribution in [0.15, 0.2) is 0 Å². The molecule has 0 aliphatic rings.